The Morgan fingerprint density at radius 2 is 1.80 bits per heavy atom. The summed E-state index contributed by atoms with van der Waals surface area (Å²) >= 11 is 0. The summed E-state index contributed by atoms with van der Waals surface area (Å²) in [6, 6.07) is 9.62. The van der Waals surface area contributed by atoms with E-state index in [9.17, 15) is 8.78 Å². The van der Waals surface area contributed by atoms with Crippen molar-refractivity contribution < 1.29 is 13.5 Å². The molecule has 0 bridgehead atoms. The predicted molar refractivity (Wildman–Crippen MR) is 76.1 cm³/mol. The molecule has 0 amide bonds. The average Bonchev–Trinajstić information content (AvgIpc) is 2.44. The standard InChI is InChI=1S/C16H17F2NO/c1-10-8-14(18)15(9-13(10)17)19-11(2)12-6-4-5-7-16(12)20-3/h4-9,11,19H,1-3H3. The van der Waals surface area contributed by atoms with E-state index in [0.717, 1.165) is 5.56 Å². The Morgan fingerprint density at radius 3 is 2.50 bits per heavy atom. The van der Waals surface area contributed by atoms with Crippen molar-refractivity contribution in [2.45, 2.75) is 19.9 Å². The fraction of sp³-hybridized carbons (Fsp3) is 0.250. The summed E-state index contributed by atoms with van der Waals surface area (Å²) in [4.78, 5) is 0. The number of benzene rings is 2. The molecule has 0 radical (unpaired) electrons. The van der Waals surface area contributed by atoms with Crippen molar-refractivity contribution in [1.29, 1.82) is 0 Å². The lowest BCUT2D eigenvalue weighted by Gasteiger charge is -2.19. The van der Waals surface area contributed by atoms with Crippen LogP contribution in [0, 0.1) is 18.6 Å². The van der Waals surface area contributed by atoms with Crippen LogP contribution in [-0.2, 0) is 0 Å². The molecule has 106 valence electrons. The molecule has 0 aliphatic rings. The van der Waals surface area contributed by atoms with Crippen LogP contribution in [0.1, 0.15) is 24.1 Å². The Kier molecular flexibility index (Phi) is 4.23. The molecule has 2 rings (SSSR count). The molecule has 1 unspecified atom stereocenters. The molecule has 0 aliphatic carbocycles. The molecule has 0 aromatic heterocycles. The third-order valence-electron chi connectivity index (χ3n) is 3.23. The van der Waals surface area contributed by atoms with Gasteiger partial charge in [0.05, 0.1) is 18.8 Å². The number of rotatable bonds is 4. The minimum Gasteiger partial charge on any atom is -0.496 e. The molecule has 0 heterocycles. The number of nitrogens with one attached hydrogen (secondary N) is 1. The van der Waals surface area contributed by atoms with Gasteiger partial charge in [0.15, 0.2) is 0 Å². The van der Waals surface area contributed by atoms with Gasteiger partial charge in [-0.3, -0.25) is 0 Å². The summed E-state index contributed by atoms with van der Waals surface area (Å²) in [6.07, 6.45) is 0. The molecule has 0 fully saturated rings. The van der Waals surface area contributed by atoms with Crippen LogP contribution < -0.4 is 10.1 Å². The van der Waals surface area contributed by atoms with E-state index in [0.29, 0.717) is 5.75 Å². The van der Waals surface area contributed by atoms with Crippen molar-refractivity contribution in [2.24, 2.45) is 0 Å². The first-order valence-corrected chi connectivity index (χ1v) is 6.38. The van der Waals surface area contributed by atoms with E-state index in [1.54, 1.807) is 7.11 Å². The summed E-state index contributed by atoms with van der Waals surface area (Å²) in [5.74, 6) is -0.188. The Labute approximate surface area is 117 Å². The molecule has 1 N–H and O–H groups in total. The molecular formula is C16H17F2NO. The molecule has 2 nitrogen and oxygen atoms in total. The van der Waals surface area contributed by atoms with Crippen molar-refractivity contribution >= 4 is 5.69 Å². The number of halogens is 2. The van der Waals surface area contributed by atoms with Gasteiger partial charge in [-0.1, -0.05) is 18.2 Å². The highest BCUT2D eigenvalue weighted by molar-refractivity contribution is 5.50. The van der Waals surface area contributed by atoms with Crippen LogP contribution in [-0.4, -0.2) is 7.11 Å². The van der Waals surface area contributed by atoms with Crippen molar-refractivity contribution in [2.75, 3.05) is 12.4 Å². The van der Waals surface area contributed by atoms with Gasteiger partial charge in [0.1, 0.15) is 17.4 Å². The Morgan fingerprint density at radius 1 is 1.10 bits per heavy atom. The van der Waals surface area contributed by atoms with Crippen molar-refractivity contribution in [3.8, 4) is 5.75 Å². The lowest BCUT2D eigenvalue weighted by Crippen LogP contribution is -2.10. The van der Waals surface area contributed by atoms with Gasteiger partial charge in [-0.05, 0) is 31.5 Å². The van der Waals surface area contributed by atoms with Crippen LogP contribution in [0.25, 0.3) is 0 Å². The lowest BCUT2D eigenvalue weighted by atomic mass is 10.1. The second-order valence-electron chi connectivity index (χ2n) is 4.69. The number of ether oxygens (including phenoxy) is 1. The van der Waals surface area contributed by atoms with Crippen LogP contribution in [0.2, 0.25) is 0 Å². The van der Waals surface area contributed by atoms with Gasteiger partial charge in [-0.25, -0.2) is 8.78 Å². The highest BCUT2D eigenvalue weighted by atomic mass is 19.1. The van der Waals surface area contributed by atoms with E-state index < -0.39 is 11.6 Å². The first-order valence-electron chi connectivity index (χ1n) is 6.38. The van der Waals surface area contributed by atoms with Crippen LogP contribution in [0.3, 0.4) is 0 Å². The molecular weight excluding hydrogens is 260 g/mol. The summed E-state index contributed by atoms with van der Waals surface area (Å²) in [6.45, 7) is 3.40. The molecule has 0 saturated heterocycles. The molecule has 0 saturated carbocycles. The third kappa shape index (κ3) is 2.90. The molecule has 1 atom stereocenters. The van der Waals surface area contributed by atoms with E-state index in [-0.39, 0.29) is 17.3 Å². The van der Waals surface area contributed by atoms with Crippen molar-refractivity contribution in [3.05, 3.63) is 59.2 Å². The van der Waals surface area contributed by atoms with E-state index >= 15 is 0 Å². The quantitative estimate of drug-likeness (QED) is 0.891. The number of methoxy groups -OCH3 is 1. The lowest BCUT2D eigenvalue weighted by molar-refractivity contribution is 0.408. The summed E-state index contributed by atoms with van der Waals surface area (Å²) in [7, 11) is 1.58. The first-order chi connectivity index (χ1) is 9.52. The van der Waals surface area contributed by atoms with Gasteiger partial charge in [0.25, 0.3) is 0 Å². The Hall–Kier alpha value is -2.10. The fourth-order valence-corrected chi connectivity index (χ4v) is 2.09. The van der Waals surface area contributed by atoms with Gasteiger partial charge < -0.3 is 10.1 Å². The maximum Gasteiger partial charge on any atom is 0.146 e. The topological polar surface area (TPSA) is 21.3 Å². The highest BCUT2D eigenvalue weighted by Crippen LogP contribution is 2.29. The van der Waals surface area contributed by atoms with Crippen LogP contribution in [0.5, 0.6) is 5.75 Å². The SMILES string of the molecule is COc1ccccc1C(C)Nc1cc(F)c(C)cc1F. The summed E-state index contributed by atoms with van der Waals surface area (Å²) in [5.41, 5.74) is 1.32. The smallest absolute Gasteiger partial charge is 0.146 e. The monoisotopic (exact) mass is 277 g/mol. The molecule has 0 spiro atoms. The number of hydrogen-bond acceptors (Lipinski definition) is 2. The largest absolute Gasteiger partial charge is 0.496 e. The molecule has 2 aromatic rings. The van der Waals surface area contributed by atoms with E-state index in [1.807, 2.05) is 31.2 Å². The minimum atomic E-state index is -0.467. The summed E-state index contributed by atoms with van der Waals surface area (Å²) in [5, 5.41) is 2.97. The molecule has 0 aliphatic heterocycles. The van der Waals surface area contributed by atoms with Crippen LogP contribution >= 0.6 is 0 Å². The zero-order valence-electron chi connectivity index (χ0n) is 11.7. The molecule has 20 heavy (non-hydrogen) atoms. The molecule has 4 heteroatoms. The Bertz CT molecular complexity index is 613. The van der Waals surface area contributed by atoms with Gasteiger partial charge in [-0.15, -0.1) is 0 Å². The van der Waals surface area contributed by atoms with Crippen molar-refractivity contribution in [1.82, 2.24) is 0 Å². The first kappa shape index (κ1) is 14.3. The van der Waals surface area contributed by atoms with Gasteiger partial charge in [0, 0.05) is 11.6 Å². The maximum atomic E-state index is 13.8. The second kappa shape index (κ2) is 5.90. The zero-order chi connectivity index (χ0) is 14.7. The van der Waals surface area contributed by atoms with Crippen LogP contribution in [0.4, 0.5) is 14.5 Å². The van der Waals surface area contributed by atoms with Crippen molar-refractivity contribution in [3.63, 3.8) is 0 Å². The van der Waals surface area contributed by atoms with Crippen LogP contribution in [0.15, 0.2) is 36.4 Å². The summed E-state index contributed by atoms with van der Waals surface area (Å²) < 4.78 is 32.6. The van der Waals surface area contributed by atoms with Gasteiger partial charge in [0.2, 0.25) is 0 Å². The third-order valence-corrected chi connectivity index (χ3v) is 3.23. The molecule has 2 aromatic carbocycles. The van der Waals surface area contributed by atoms with Gasteiger partial charge in [-0.2, -0.15) is 0 Å². The predicted octanol–water partition coefficient (Wildman–Crippen LogP) is 4.45. The number of para-hydroxylation sites is 1. The highest BCUT2D eigenvalue weighted by Gasteiger charge is 2.14. The van der Waals surface area contributed by atoms with E-state index in [4.69, 9.17) is 4.74 Å². The van der Waals surface area contributed by atoms with E-state index in [1.165, 1.54) is 19.1 Å². The second-order valence-corrected chi connectivity index (χ2v) is 4.69. The van der Waals surface area contributed by atoms with Gasteiger partial charge >= 0.3 is 0 Å². The average molecular weight is 277 g/mol. The fourth-order valence-electron chi connectivity index (χ4n) is 2.09. The number of hydrogen-bond donors (Lipinski definition) is 1. The van der Waals surface area contributed by atoms with E-state index in [2.05, 4.69) is 5.32 Å². The number of anilines is 1. The zero-order valence-corrected chi connectivity index (χ0v) is 11.7. The minimum absolute atomic E-state index is 0.145. The Balaban J connectivity index is 2.28. The maximum absolute atomic E-state index is 13.8. The normalized spacial score (nSPS) is 12.1. The number of aryl methyl sites for hydroxylation is 1.